The monoisotopic (exact) mass is 170 g/mol. The molecule has 0 atom stereocenters. The van der Waals surface area contributed by atoms with Crippen LogP contribution in [0.5, 0.6) is 0 Å². The summed E-state index contributed by atoms with van der Waals surface area (Å²) in [7, 11) is 0. The second-order valence-electron chi connectivity index (χ2n) is 1.83. The van der Waals surface area contributed by atoms with E-state index in [1.165, 1.54) is 17.7 Å². The molecule has 0 bridgehead atoms. The average molecular weight is 171 g/mol. The van der Waals surface area contributed by atoms with Crippen molar-refractivity contribution in [2.75, 3.05) is 0 Å². The molecule has 0 aliphatic heterocycles. The van der Waals surface area contributed by atoms with Crippen molar-refractivity contribution in [3.8, 4) is 0 Å². The first-order valence-electron chi connectivity index (χ1n) is 2.70. The number of hydrogen-bond acceptors (Lipinski definition) is 3. The molecule has 0 aromatic carbocycles. The number of halogens is 1. The zero-order valence-electron chi connectivity index (χ0n) is 4.91. The second-order valence-corrected chi connectivity index (χ2v) is 3.09. The smallest absolute Gasteiger partial charge is 0.128 e. The molecule has 0 N–H and O–H groups in total. The van der Waals surface area contributed by atoms with Crippen LogP contribution in [0, 0.1) is 0 Å². The highest BCUT2D eigenvalue weighted by Crippen LogP contribution is 2.26. The second kappa shape index (κ2) is 2.18. The van der Waals surface area contributed by atoms with Crippen LogP contribution in [0.4, 0.5) is 0 Å². The third-order valence-electron chi connectivity index (χ3n) is 1.21. The predicted molar refractivity (Wildman–Crippen MR) is 42.4 cm³/mol. The summed E-state index contributed by atoms with van der Waals surface area (Å²) in [6.07, 6.45) is 3.25. The summed E-state index contributed by atoms with van der Waals surface area (Å²) in [6, 6.07) is 0. The quantitative estimate of drug-likeness (QED) is 0.607. The topological polar surface area (TPSA) is 25.8 Å². The first kappa shape index (κ1) is 6.07. The summed E-state index contributed by atoms with van der Waals surface area (Å²) in [4.78, 5) is 8.83. The van der Waals surface area contributed by atoms with Crippen molar-refractivity contribution < 1.29 is 0 Å². The van der Waals surface area contributed by atoms with E-state index in [4.69, 9.17) is 11.6 Å². The lowest BCUT2D eigenvalue weighted by atomic mass is 10.4. The molecule has 2 nitrogen and oxygen atoms in total. The van der Waals surface area contributed by atoms with Gasteiger partial charge in [0.05, 0.1) is 5.02 Å². The van der Waals surface area contributed by atoms with Gasteiger partial charge >= 0.3 is 0 Å². The maximum Gasteiger partial charge on any atom is 0.128 e. The zero-order valence-corrected chi connectivity index (χ0v) is 6.49. The molecular weight excluding hydrogens is 168 g/mol. The molecule has 4 heteroatoms. The number of thiophene rings is 1. The Morgan fingerprint density at radius 3 is 3.20 bits per heavy atom. The minimum atomic E-state index is 0.737. The Morgan fingerprint density at radius 1 is 1.50 bits per heavy atom. The Bertz CT molecular complexity index is 357. The Kier molecular flexibility index (Phi) is 1.32. The highest BCUT2D eigenvalue weighted by Gasteiger charge is 1.99. The summed E-state index contributed by atoms with van der Waals surface area (Å²) in [6.45, 7) is 0. The summed E-state index contributed by atoms with van der Waals surface area (Å²) in [5, 5.41) is 3.54. The van der Waals surface area contributed by atoms with Gasteiger partial charge in [0, 0.05) is 17.0 Å². The lowest BCUT2D eigenvalue weighted by molar-refractivity contribution is 1.23. The van der Waals surface area contributed by atoms with Crippen molar-refractivity contribution in [2.45, 2.75) is 0 Å². The van der Waals surface area contributed by atoms with Gasteiger partial charge in [0.2, 0.25) is 0 Å². The van der Waals surface area contributed by atoms with Gasteiger partial charge in [-0.15, -0.1) is 11.3 Å². The molecule has 0 amide bonds. The predicted octanol–water partition coefficient (Wildman–Crippen LogP) is 2.34. The maximum absolute atomic E-state index is 5.80. The van der Waals surface area contributed by atoms with E-state index in [-0.39, 0.29) is 0 Å². The van der Waals surface area contributed by atoms with E-state index in [0.717, 1.165) is 15.2 Å². The standard InChI is InChI=1S/C6H3ClN2S/c7-5-2-10-6-4(5)1-8-3-9-6/h1-3H. The fourth-order valence-electron chi connectivity index (χ4n) is 0.747. The summed E-state index contributed by atoms with van der Waals surface area (Å²) in [5.41, 5.74) is 0. The third-order valence-corrected chi connectivity index (χ3v) is 2.55. The molecule has 0 aliphatic carbocycles. The highest BCUT2D eigenvalue weighted by molar-refractivity contribution is 7.17. The van der Waals surface area contributed by atoms with Crippen molar-refractivity contribution >= 4 is 33.2 Å². The highest BCUT2D eigenvalue weighted by atomic mass is 35.5. The fraction of sp³-hybridized carbons (Fsp3) is 0. The first-order chi connectivity index (χ1) is 4.88. The van der Waals surface area contributed by atoms with E-state index in [0.29, 0.717) is 0 Å². The number of nitrogens with zero attached hydrogens (tertiary/aromatic N) is 2. The van der Waals surface area contributed by atoms with Gasteiger partial charge in [0.25, 0.3) is 0 Å². The summed E-state index contributed by atoms with van der Waals surface area (Å²) >= 11 is 7.33. The van der Waals surface area contributed by atoms with Crippen molar-refractivity contribution in [1.82, 2.24) is 9.97 Å². The van der Waals surface area contributed by atoms with E-state index < -0.39 is 0 Å². The molecule has 0 saturated heterocycles. The van der Waals surface area contributed by atoms with Crippen LogP contribution in [-0.4, -0.2) is 9.97 Å². The van der Waals surface area contributed by atoms with Gasteiger partial charge in [-0.05, 0) is 0 Å². The summed E-state index contributed by atoms with van der Waals surface area (Å²) < 4.78 is 0. The Balaban J connectivity index is 2.93. The lowest BCUT2D eigenvalue weighted by Gasteiger charge is -1.83. The Labute approximate surface area is 66.5 Å². The molecule has 2 aromatic heterocycles. The largest absolute Gasteiger partial charge is 0.244 e. The van der Waals surface area contributed by atoms with E-state index >= 15 is 0 Å². The van der Waals surface area contributed by atoms with E-state index in [1.54, 1.807) is 6.20 Å². The molecule has 0 aliphatic rings. The first-order valence-corrected chi connectivity index (χ1v) is 3.96. The minimum absolute atomic E-state index is 0.737. The molecule has 0 unspecified atom stereocenters. The Morgan fingerprint density at radius 2 is 2.40 bits per heavy atom. The summed E-state index contributed by atoms with van der Waals surface area (Å²) in [5.74, 6) is 0. The maximum atomic E-state index is 5.80. The molecule has 0 radical (unpaired) electrons. The Hall–Kier alpha value is -0.670. The number of aromatic nitrogens is 2. The van der Waals surface area contributed by atoms with Crippen LogP contribution in [0.15, 0.2) is 17.9 Å². The molecule has 2 aromatic rings. The molecule has 50 valence electrons. The van der Waals surface area contributed by atoms with Gasteiger partial charge in [-0.1, -0.05) is 11.6 Å². The van der Waals surface area contributed by atoms with Crippen LogP contribution in [0.25, 0.3) is 10.2 Å². The van der Waals surface area contributed by atoms with Gasteiger partial charge < -0.3 is 0 Å². The third kappa shape index (κ3) is 0.786. The average Bonchev–Trinajstić information content (AvgIpc) is 2.34. The number of fused-ring (bicyclic) bond motifs is 1. The molecule has 10 heavy (non-hydrogen) atoms. The molecule has 0 fully saturated rings. The van der Waals surface area contributed by atoms with Gasteiger partial charge in [0.15, 0.2) is 0 Å². The van der Waals surface area contributed by atoms with Crippen molar-refractivity contribution in [1.29, 1.82) is 0 Å². The molecule has 2 heterocycles. The van der Waals surface area contributed by atoms with E-state index in [9.17, 15) is 0 Å². The van der Waals surface area contributed by atoms with E-state index in [1.807, 2.05) is 5.38 Å². The number of rotatable bonds is 0. The van der Waals surface area contributed by atoms with Crippen LogP contribution >= 0.6 is 22.9 Å². The fourth-order valence-corrected chi connectivity index (χ4v) is 1.81. The number of hydrogen-bond donors (Lipinski definition) is 0. The van der Waals surface area contributed by atoms with Gasteiger partial charge in [-0.3, -0.25) is 0 Å². The van der Waals surface area contributed by atoms with Crippen molar-refractivity contribution in [3.05, 3.63) is 22.9 Å². The SMILES string of the molecule is Clc1csc2ncncc12. The van der Waals surface area contributed by atoms with Crippen molar-refractivity contribution in [2.24, 2.45) is 0 Å². The van der Waals surface area contributed by atoms with Gasteiger partial charge in [-0.2, -0.15) is 0 Å². The zero-order chi connectivity index (χ0) is 6.97. The van der Waals surface area contributed by atoms with Gasteiger partial charge in [-0.25, -0.2) is 9.97 Å². The molecule has 0 spiro atoms. The van der Waals surface area contributed by atoms with Crippen LogP contribution in [0.2, 0.25) is 5.02 Å². The molecule has 0 saturated carbocycles. The van der Waals surface area contributed by atoms with E-state index in [2.05, 4.69) is 9.97 Å². The molecular formula is C6H3ClN2S. The van der Waals surface area contributed by atoms with Crippen LogP contribution in [0.3, 0.4) is 0 Å². The normalized spacial score (nSPS) is 10.5. The molecule has 2 rings (SSSR count). The van der Waals surface area contributed by atoms with Crippen LogP contribution in [-0.2, 0) is 0 Å². The lowest BCUT2D eigenvalue weighted by Crippen LogP contribution is -1.72. The van der Waals surface area contributed by atoms with Crippen LogP contribution in [0.1, 0.15) is 0 Å². The minimum Gasteiger partial charge on any atom is -0.244 e. The van der Waals surface area contributed by atoms with Gasteiger partial charge in [0.1, 0.15) is 11.2 Å². The van der Waals surface area contributed by atoms with Crippen molar-refractivity contribution in [3.63, 3.8) is 0 Å². The van der Waals surface area contributed by atoms with Crippen LogP contribution < -0.4 is 0 Å².